The van der Waals surface area contributed by atoms with Crippen LogP contribution < -0.4 is 11.1 Å². The molecule has 0 spiro atoms. The molecule has 0 radical (unpaired) electrons. The zero-order valence-electron chi connectivity index (χ0n) is 6.39. The Labute approximate surface area is 65.7 Å². The van der Waals surface area contributed by atoms with Crippen molar-refractivity contribution in [1.82, 2.24) is 5.32 Å². The highest BCUT2D eigenvalue weighted by Crippen LogP contribution is 1.98. The number of hydrogen-bond donors (Lipinski definition) is 2. The Bertz CT molecular complexity index is 108. The zero-order chi connectivity index (χ0) is 7.98. The van der Waals surface area contributed by atoms with Gasteiger partial charge < -0.3 is 11.1 Å². The van der Waals surface area contributed by atoms with Gasteiger partial charge in [-0.25, -0.2) is 0 Å². The summed E-state index contributed by atoms with van der Waals surface area (Å²) in [4.78, 5) is 10.6. The van der Waals surface area contributed by atoms with Gasteiger partial charge in [0.05, 0.1) is 6.04 Å². The van der Waals surface area contributed by atoms with Gasteiger partial charge >= 0.3 is 0 Å². The van der Waals surface area contributed by atoms with Crippen LogP contribution in [-0.2, 0) is 4.79 Å². The van der Waals surface area contributed by atoms with E-state index >= 15 is 0 Å². The normalized spacial score (nSPS) is 13.0. The molecule has 0 rings (SSSR count). The molecule has 3 N–H and O–H groups in total. The molecule has 0 saturated heterocycles. The first-order valence-corrected chi connectivity index (χ1v) is 4.57. The first kappa shape index (κ1) is 9.78. The number of likely N-dealkylation sites (N-methyl/N-ethyl adjacent to an activating group) is 1. The molecular formula is C6H14N2OS. The molecule has 0 fully saturated rings. The fourth-order valence-corrected chi connectivity index (χ4v) is 1.14. The standard InChI is InChI=1S/C6H14N2OS/c1-8-5(6(7)9)3-4-10-2/h5,8H,3-4H2,1-2H3,(H2,7,9)/t5-/m1/s1. The van der Waals surface area contributed by atoms with E-state index in [9.17, 15) is 4.79 Å². The summed E-state index contributed by atoms with van der Waals surface area (Å²) in [6.07, 6.45) is 2.82. The fourth-order valence-electron chi connectivity index (χ4n) is 0.665. The number of hydrogen-bond acceptors (Lipinski definition) is 3. The van der Waals surface area contributed by atoms with E-state index in [1.165, 1.54) is 0 Å². The van der Waals surface area contributed by atoms with Crippen LogP contribution >= 0.6 is 11.8 Å². The summed E-state index contributed by atoms with van der Waals surface area (Å²) in [5, 5.41) is 2.85. The van der Waals surface area contributed by atoms with Crippen LogP contribution in [0, 0.1) is 0 Å². The topological polar surface area (TPSA) is 55.1 Å². The summed E-state index contributed by atoms with van der Waals surface area (Å²) in [6.45, 7) is 0. The van der Waals surface area contributed by atoms with E-state index in [4.69, 9.17) is 5.73 Å². The Hall–Kier alpha value is -0.220. The highest BCUT2D eigenvalue weighted by Gasteiger charge is 2.10. The van der Waals surface area contributed by atoms with Crippen molar-refractivity contribution in [2.75, 3.05) is 19.1 Å². The summed E-state index contributed by atoms with van der Waals surface area (Å²) in [6, 6.07) is -0.160. The molecule has 1 amide bonds. The highest BCUT2D eigenvalue weighted by atomic mass is 32.2. The summed E-state index contributed by atoms with van der Waals surface area (Å²) in [5.41, 5.74) is 5.08. The minimum absolute atomic E-state index is 0.160. The molecule has 10 heavy (non-hydrogen) atoms. The van der Waals surface area contributed by atoms with E-state index in [1.807, 2.05) is 6.26 Å². The van der Waals surface area contributed by atoms with E-state index in [2.05, 4.69) is 5.32 Å². The van der Waals surface area contributed by atoms with Crippen molar-refractivity contribution in [3.8, 4) is 0 Å². The maximum atomic E-state index is 10.6. The van der Waals surface area contributed by atoms with Crippen LogP contribution in [0.25, 0.3) is 0 Å². The van der Waals surface area contributed by atoms with Crippen LogP contribution in [0.15, 0.2) is 0 Å². The van der Waals surface area contributed by atoms with Gasteiger partial charge in [-0.1, -0.05) is 0 Å². The average molecular weight is 162 g/mol. The first-order valence-electron chi connectivity index (χ1n) is 3.18. The van der Waals surface area contributed by atoms with Crippen LogP contribution in [0.5, 0.6) is 0 Å². The zero-order valence-corrected chi connectivity index (χ0v) is 7.20. The predicted octanol–water partition coefficient (Wildman–Crippen LogP) is -0.187. The van der Waals surface area contributed by atoms with Gasteiger partial charge in [-0.2, -0.15) is 11.8 Å². The Kier molecular flexibility index (Phi) is 5.43. The molecule has 0 saturated carbocycles. The fraction of sp³-hybridized carbons (Fsp3) is 0.833. The van der Waals surface area contributed by atoms with Crippen molar-refractivity contribution in [1.29, 1.82) is 0 Å². The van der Waals surface area contributed by atoms with E-state index in [-0.39, 0.29) is 11.9 Å². The molecule has 0 aliphatic carbocycles. The summed E-state index contributed by atoms with van der Waals surface area (Å²) in [5.74, 6) is 0.700. The smallest absolute Gasteiger partial charge is 0.234 e. The number of thioether (sulfide) groups is 1. The maximum Gasteiger partial charge on any atom is 0.234 e. The number of nitrogens with one attached hydrogen (secondary N) is 1. The number of primary amides is 1. The van der Waals surface area contributed by atoms with Crippen LogP contribution in [0.3, 0.4) is 0 Å². The predicted molar refractivity (Wildman–Crippen MR) is 45.0 cm³/mol. The lowest BCUT2D eigenvalue weighted by Gasteiger charge is -2.09. The summed E-state index contributed by atoms with van der Waals surface area (Å²) < 4.78 is 0. The molecule has 60 valence electrons. The molecule has 0 aromatic heterocycles. The molecule has 0 aromatic carbocycles. The molecule has 0 bridgehead atoms. The Morgan fingerprint density at radius 2 is 2.40 bits per heavy atom. The van der Waals surface area contributed by atoms with Crippen molar-refractivity contribution in [3.05, 3.63) is 0 Å². The minimum Gasteiger partial charge on any atom is -0.368 e. The molecule has 0 aromatic rings. The van der Waals surface area contributed by atoms with Gasteiger partial charge in [-0.15, -0.1) is 0 Å². The van der Waals surface area contributed by atoms with Crippen LogP contribution in [0.1, 0.15) is 6.42 Å². The maximum absolute atomic E-state index is 10.6. The van der Waals surface area contributed by atoms with Gasteiger partial charge in [0.1, 0.15) is 0 Å². The molecule has 0 heterocycles. The quantitative estimate of drug-likeness (QED) is 0.589. The molecule has 4 heteroatoms. The van der Waals surface area contributed by atoms with Crippen molar-refractivity contribution in [2.24, 2.45) is 5.73 Å². The number of carbonyl (C=O) groups excluding carboxylic acids is 1. The van der Waals surface area contributed by atoms with Crippen molar-refractivity contribution >= 4 is 17.7 Å². The lowest BCUT2D eigenvalue weighted by molar-refractivity contribution is -0.119. The van der Waals surface area contributed by atoms with Gasteiger partial charge in [0.15, 0.2) is 0 Å². The van der Waals surface area contributed by atoms with Gasteiger partial charge in [0, 0.05) is 0 Å². The molecule has 1 atom stereocenters. The number of nitrogens with two attached hydrogens (primary N) is 1. The number of amides is 1. The van der Waals surface area contributed by atoms with E-state index in [0.717, 1.165) is 12.2 Å². The molecule has 0 unspecified atom stereocenters. The molecule has 0 aliphatic rings. The lowest BCUT2D eigenvalue weighted by atomic mass is 10.2. The number of rotatable bonds is 5. The van der Waals surface area contributed by atoms with E-state index < -0.39 is 0 Å². The number of carbonyl (C=O) groups is 1. The van der Waals surface area contributed by atoms with Gasteiger partial charge in [-0.3, -0.25) is 4.79 Å². The molecule has 3 nitrogen and oxygen atoms in total. The van der Waals surface area contributed by atoms with Gasteiger partial charge in [0.25, 0.3) is 0 Å². The third kappa shape index (κ3) is 3.74. The third-order valence-corrected chi connectivity index (χ3v) is 1.95. The Morgan fingerprint density at radius 3 is 2.70 bits per heavy atom. The average Bonchev–Trinajstić information content (AvgIpc) is 1.89. The second-order valence-electron chi connectivity index (χ2n) is 2.03. The summed E-state index contributed by atoms with van der Waals surface area (Å²) >= 11 is 1.71. The van der Waals surface area contributed by atoms with Crippen LogP contribution in [0.2, 0.25) is 0 Å². The monoisotopic (exact) mass is 162 g/mol. The second kappa shape index (κ2) is 5.56. The third-order valence-electron chi connectivity index (χ3n) is 1.30. The first-order chi connectivity index (χ1) is 4.72. The molecule has 0 aliphatic heterocycles. The van der Waals surface area contributed by atoms with Crippen LogP contribution in [-0.4, -0.2) is 31.0 Å². The van der Waals surface area contributed by atoms with E-state index in [1.54, 1.807) is 18.8 Å². The van der Waals surface area contributed by atoms with Crippen LogP contribution in [0.4, 0.5) is 0 Å². The van der Waals surface area contributed by atoms with E-state index in [0.29, 0.717) is 0 Å². The van der Waals surface area contributed by atoms with Crippen molar-refractivity contribution in [2.45, 2.75) is 12.5 Å². The van der Waals surface area contributed by atoms with Gasteiger partial charge in [0.2, 0.25) is 5.91 Å². The minimum atomic E-state index is -0.267. The van der Waals surface area contributed by atoms with Crippen molar-refractivity contribution < 1.29 is 4.79 Å². The highest BCUT2D eigenvalue weighted by molar-refractivity contribution is 7.98. The largest absolute Gasteiger partial charge is 0.368 e. The second-order valence-corrected chi connectivity index (χ2v) is 3.01. The van der Waals surface area contributed by atoms with Gasteiger partial charge in [-0.05, 0) is 25.5 Å². The van der Waals surface area contributed by atoms with Crippen molar-refractivity contribution in [3.63, 3.8) is 0 Å². The lowest BCUT2D eigenvalue weighted by Crippen LogP contribution is -2.39. The summed E-state index contributed by atoms with van der Waals surface area (Å²) in [7, 11) is 1.75. The Balaban J connectivity index is 3.50. The SMILES string of the molecule is CN[C@H](CCSC)C(N)=O. The Morgan fingerprint density at radius 1 is 1.80 bits per heavy atom. The molecular weight excluding hydrogens is 148 g/mol.